The molecule has 0 amide bonds. The van der Waals surface area contributed by atoms with E-state index in [4.69, 9.17) is 19.1 Å². The van der Waals surface area contributed by atoms with Gasteiger partial charge in [0.25, 0.3) is 0 Å². The van der Waals surface area contributed by atoms with E-state index in [0.29, 0.717) is 13.0 Å². The van der Waals surface area contributed by atoms with Gasteiger partial charge in [0.2, 0.25) is 0 Å². The minimum absolute atomic E-state index is 0.141. The molecule has 0 aromatic rings. The van der Waals surface area contributed by atoms with Crippen LogP contribution < -0.4 is 0 Å². The maximum atomic E-state index is 10.7. The van der Waals surface area contributed by atoms with Crippen LogP contribution in [0.2, 0.25) is 6.04 Å². The number of rotatable bonds is 12. The monoisotopic (exact) mass is 290 g/mol. The number of ether oxygens (including phenoxy) is 1. The van der Waals surface area contributed by atoms with Gasteiger partial charge in [-0.15, -0.1) is 0 Å². The Kier molecular flexibility index (Phi) is 10.8. The summed E-state index contributed by atoms with van der Waals surface area (Å²) in [5, 5.41) is 0. The Labute approximate surface area is 116 Å². The molecule has 3 N–H and O–H groups in total. The highest BCUT2D eigenvalue weighted by Gasteiger charge is 2.25. The summed E-state index contributed by atoms with van der Waals surface area (Å²) in [6.07, 6.45) is 9.11. The molecular formula is C13H26O5Si. The average Bonchev–Trinajstić information content (AvgIpc) is 2.34. The second kappa shape index (κ2) is 11.2. The second-order valence-electron chi connectivity index (χ2n) is 4.72. The molecule has 0 spiro atoms. The average molecular weight is 290 g/mol. The minimum Gasteiger partial charge on any atom is -0.463 e. The molecule has 19 heavy (non-hydrogen) atoms. The fraction of sp³-hybridized carbons (Fsp3) is 0.769. The predicted molar refractivity (Wildman–Crippen MR) is 75.3 cm³/mol. The fourth-order valence-corrected chi connectivity index (χ4v) is 2.48. The van der Waals surface area contributed by atoms with Gasteiger partial charge >= 0.3 is 14.8 Å². The van der Waals surface area contributed by atoms with Gasteiger partial charge < -0.3 is 19.1 Å². The number of carbonyl (C=O) groups is 1. The van der Waals surface area contributed by atoms with E-state index in [1.54, 1.807) is 0 Å². The molecular weight excluding hydrogens is 264 g/mol. The van der Waals surface area contributed by atoms with Gasteiger partial charge in [-0.1, -0.05) is 45.1 Å². The Morgan fingerprint density at radius 2 is 1.42 bits per heavy atom. The van der Waals surface area contributed by atoms with Crippen molar-refractivity contribution in [3.8, 4) is 0 Å². The lowest BCUT2D eigenvalue weighted by molar-refractivity contribution is -0.137. The van der Waals surface area contributed by atoms with Crippen LogP contribution in [0.25, 0.3) is 0 Å². The first kappa shape index (κ1) is 18.3. The van der Waals surface area contributed by atoms with Crippen LogP contribution in [-0.4, -0.2) is 35.8 Å². The zero-order valence-corrected chi connectivity index (χ0v) is 12.5. The zero-order valence-electron chi connectivity index (χ0n) is 11.5. The summed E-state index contributed by atoms with van der Waals surface area (Å²) in [4.78, 5) is 37.1. The van der Waals surface area contributed by atoms with E-state index < -0.39 is 8.80 Å². The summed E-state index contributed by atoms with van der Waals surface area (Å²) >= 11 is 0. The summed E-state index contributed by atoms with van der Waals surface area (Å²) < 4.78 is 4.86. The van der Waals surface area contributed by atoms with Gasteiger partial charge in [0.1, 0.15) is 0 Å². The third-order valence-corrected chi connectivity index (χ3v) is 3.84. The molecule has 112 valence electrons. The molecule has 0 bridgehead atoms. The molecule has 0 saturated heterocycles. The van der Waals surface area contributed by atoms with Crippen molar-refractivity contribution in [2.45, 2.75) is 57.4 Å². The maximum Gasteiger partial charge on any atom is 0.492 e. The van der Waals surface area contributed by atoms with Crippen LogP contribution in [0, 0.1) is 0 Å². The third kappa shape index (κ3) is 15.2. The Balaban J connectivity index is 3.11. The first-order chi connectivity index (χ1) is 8.95. The van der Waals surface area contributed by atoms with Crippen LogP contribution in [0.5, 0.6) is 0 Å². The standard InChI is InChI=1S/C13H26O5Si/c1-2-13(14)18-11-9-7-5-3-4-6-8-10-12-19(15,16)17/h2,15-17H,1,3-12H2. The lowest BCUT2D eigenvalue weighted by Gasteiger charge is -2.08. The molecule has 0 rings (SSSR count). The minimum atomic E-state index is -3.81. The van der Waals surface area contributed by atoms with Crippen molar-refractivity contribution in [3.63, 3.8) is 0 Å². The molecule has 0 fully saturated rings. The van der Waals surface area contributed by atoms with Crippen molar-refractivity contribution < 1.29 is 23.9 Å². The second-order valence-corrected chi connectivity index (χ2v) is 6.77. The first-order valence-corrected chi connectivity index (χ1v) is 8.97. The highest BCUT2D eigenvalue weighted by atomic mass is 28.4. The molecule has 0 saturated carbocycles. The van der Waals surface area contributed by atoms with Gasteiger partial charge in [-0.2, -0.15) is 0 Å². The Hall–Kier alpha value is -0.693. The summed E-state index contributed by atoms with van der Waals surface area (Å²) in [6, 6.07) is 0.141. The third-order valence-electron chi connectivity index (χ3n) is 2.82. The SMILES string of the molecule is C=CC(=O)OCCCCCCCCCC[Si](O)(O)O. The quantitative estimate of drug-likeness (QED) is 0.221. The van der Waals surface area contributed by atoms with Crippen LogP contribution in [0.3, 0.4) is 0 Å². The smallest absolute Gasteiger partial charge is 0.463 e. The number of hydrogen-bond acceptors (Lipinski definition) is 5. The van der Waals surface area contributed by atoms with Crippen LogP contribution in [-0.2, 0) is 9.53 Å². The number of esters is 1. The maximum absolute atomic E-state index is 10.7. The van der Waals surface area contributed by atoms with E-state index in [-0.39, 0.29) is 12.0 Å². The van der Waals surface area contributed by atoms with E-state index in [0.717, 1.165) is 44.9 Å². The molecule has 0 aliphatic heterocycles. The van der Waals surface area contributed by atoms with Gasteiger partial charge in [0, 0.05) is 12.1 Å². The van der Waals surface area contributed by atoms with E-state index >= 15 is 0 Å². The lowest BCUT2D eigenvalue weighted by atomic mass is 10.1. The lowest BCUT2D eigenvalue weighted by Crippen LogP contribution is -2.33. The molecule has 0 unspecified atom stereocenters. The van der Waals surface area contributed by atoms with Crippen LogP contribution in [0.15, 0.2) is 12.7 Å². The topological polar surface area (TPSA) is 87.0 Å². The normalized spacial score (nSPS) is 11.3. The molecule has 5 nitrogen and oxygen atoms in total. The summed E-state index contributed by atoms with van der Waals surface area (Å²) in [5.74, 6) is -0.365. The molecule has 0 aromatic heterocycles. The van der Waals surface area contributed by atoms with Crippen molar-refractivity contribution in [1.29, 1.82) is 0 Å². The molecule has 0 atom stereocenters. The van der Waals surface area contributed by atoms with Gasteiger partial charge in [0.15, 0.2) is 0 Å². The van der Waals surface area contributed by atoms with E-state index in [1.165, 1.54) is 6.08 Å². The molecule has 0 heterocycles. The van der Waals surface area contributed by atoms with Crippen LogP contribution >= 0.6 is 0 Å². The first-order valence-electron chi connectivity index (χ1n) is 6.92. The highest BCUT2D eigenvalue weighted by molar-refractivity contribution is 6.56. The highest BCUT2D eigenvalue weighted by Crippen LogP contribution is 2.12. The Morgan fingerprint density at radius 3 is 1.89 bits per heavy atom. The summed E-state index contributed by atoms with van der Waals surface area (Å²) in [7, 11) is -3.81. The van der Waals surface area contributed by atoms with Crippen molar-refractivity contribution >= 4 is 14.8 Å². The van der Waals surface area contributed by atoms with E-state index in [1.807, 2.05) is 0 Å². The van der Waals surface area contributed by atoms with Crippen LogP contribution in [0.1, 0.15) is 51.4 Å². The van der Waals surface area contributed by atoms with Gasteiger partial charge in [-0.25, -0.2) is 4.79 Å². The predicted octanol–water partition coefficient (Wildman–Crippen LogP) is 1.75. The number of carbonyl (C=O) groups excluding carboxylic acids is 1. The summed E-state index contributed by atoms with van der Waals surface area (Å²) in [6.45, 7) is 3.78. The largest absolute Gasteiger partial charge is 0.492 e. The zero-order chi connectivity index (χ0) is 14.6. The van der Waals surface area contributed by atoms with E-state index in [2.05, 4.69) is 6.58 Å². The Bertz CT molecular complexity index is 250. The molecule has 0 radical (unpaired) electrons. The summed E-state index contributed by atoms with van der Waals surface area (Å²) in [5.41, 5.74) is 0. The fourth-order valence-electron chi connectivity index (χ4n) is 1.76. The molecule has 0 aliphatic rings. The van der Waals surface area contributed by atoms with Crippen molar-refractivity contribution in [2.75, 3.05) is 6.61 Å². The van der Waals surface area contributed by atoms with Crippen molar-refractivity contribution in [3.05, 3.63) is 12.7 Å². The van der Waals surface area contributed by atoms with Gasteiger partial charge in [-0.3, -0.25) is 0 Å². The molecule has 0 aliphatic carbocycles. The Morgan fingerprint density at radius 1 is 0.947 bits per heavy atom. The van der Waals surface area contributed by atoms with Crippen LogP contribution in [0.4, 0.5) is 0 Å². The van der Waals surface area contributed by atoms with E-state index in [9.17, 15) is 4.79 Å². The van der Waals surface area contributed by atoms with Crippen molar-refractivity contribution in [1.82, 2.24) is 0 Å². The number of unbranched alkanes of at least 4 members (excludes halogenated alkanes) is 7. The molecule has 0 aromatic carbocycles. The van der Waals surface area contributed by atoms with Gasteiger partial charge in [-0.05, 0) is 12.8 Å². The number of hydrogen-bond donors (Lipinski definition) is 3. The van der Waals surface area contributed by atoms with Crippen molar-refractivity contribution in [2.24, 2.45) is 0 Å². The van der Waals surface area contributed by atoms with Gasteiger partial charge in [0.05, 0.1) is 6.61 Å². The molecule has 6 heteroatoms.